The van der Waals surface area contributed by atoms with Crippen molar-refractivity contribution in [2.45, 2.75) is 72.4 Å². The first-order valence-corrected chi connectivity index (χ1v) is 9.69. The van der Waals surface area contributed by atoms with Crippen LogP contribution in [0.4, 0.5) is 5.69 Å². The number of para-hydroxylation sites is 1. The van der Waals surface area contributed by atoms with Gasteiger partial charge in [0.1, 0.15) is 0 Å². The van der Waals surface area contributed by atoms with Crippen LogP contribution in [0.1, 0.15) is 51.4 Å². The normalized spacial score (nSPS) is 30.6. The summed E-state index contributed by atoms with van der Waals surface area (Å²) in [4.78, 5) is 16.2. The fourth-order valence-corrected chi connectivity index (χ4v) is 6.37. The molecule has 0 aromatic heterocycles. The Morgan fingerprint density at radius 3 is 2.77 bits per heavy atom. The molecule has 1 amide bonds. The molecule has 1 spiro atoms. The van der Waals surface area contributed by atoms with Crippen LogP contribution in [0, 0.1) is 0 Å². The Kier molecular flexibility index (Phi) is 3.90. The Morgan fingerprint density at radius 1 is 1.18 bits per heavy atom. The lowest BCUT2D eigenvalue weighted by molar-refractivity contribution is -0.119. The van der Waals surface area contributed by atoms with E-state index < -0.39 is 0 Å². The number of carbonyl (C=O) groups excluding carboxylic acids is 1. The van der Waals surface area contributed by atoms with Gasteiger partial charge in [0.2, 0.25) is 5.91 Å². The van der Waals surface area contributed by atoms with Gasteiger partial charge in [0.15, 0.2) is 0 Å². The molecule has 1 aromatic carbocycles. The number of carbonyl (C=O) groups is 1. The molecule has 22 heavy (non-hydrogen) atoms. The fourth-order valence-electron chi connectivity index (χ4n) is 4.41. The standard InChI is InChI=1S/C18H22ClNOS/c19-13-8-9-17(21)20-14-6-2-3-7-15(14)22-18(16(20)12-13)10-4-1-5-11-18/h2-3,6-7,13,16H,1,4-5,8-12H2/t13-,16+/m0/s1. The number of nitrogens with zero attached hydrogens (tertiary/aromatic N) is 1. The molecular formula is C18H22ClNOS. The van der Waals surface area contributed by atoms with Crippen LogP contribution in [-0.2, 0) is 4.79 Å². The summed E-state index contributed by atoms with van der Waals surface area (Å²) in [7, 11) is 0. The van der Waals surface area contributed by atoms with Gasteiger partial charge in [-0.1, -0.05) is 31.4 Å². The minimum Gasteiger partial charge on any atom is -0.307 e. The first-order chi connectivity index (χ1) is 10.7. The summed E-state index contributed by atoms with van der Waals surface area (Å²) < 4.78 is 0.180. The molecule has 0 radical (unpaired) electrons. The van der Waals surface area contributed by atoms with Crippen LogP contribution in [0.5, 0.6) is 0 Å². The number of halogens is 1. The van der Waals surface area contributed by atoms with E-state index >= 15 is 0 Å². The van der Waals surface area contributed by atoms with Gasteiger partial charge in [-0.25, -0.2) is 0 Å². The summed E-state index contributed by atoms with van der Waals surface area (Å²) in [6.45, 7) is 0. The Bertz CT molecular complexity index is 584. The summed E-state index contributed by atoms with van der Waals surface area (Å²) in [5.74, 6) is 0.269. The van der Waals surface area contributed by atoms with E-state index in [-0.39, 0.29) is 22.1 Å². The summed E-state index contributed by atoms with van der Waals surface area (Å²) in [6.07, 6.45) is 8.65. The number of amides is 1. The van der Waals surface area contributed by atoms with Gasteiger partial charge in [0, 0.05) is 21.4 Å². The molecule has 1 aliphatic carbocycles. The predicted molar refractivity (Wildman–Crippen MR) is 92.9 cm³/mol. The summed E-state index contributed by atoms with van der Waals surface area (Å²) in [6, 6.07) is 8.70. The predicted octanol–water partition coefficient (Wildman–Crippen LogP) is 4.99. The van der Waals surface area contributed by atoms with Gasteiger partial charge < -0.3 is 4.90 Å². The highest BCUT2D eigenvalue weighted by Gasteiger charge is 2.50. The van der Waals surface area contributed by atoms with E-state index in [1.807, 2.05) is 17.8 Å². The van der Waals surface area contributed by atoms with Crippen molar-refractivity contribution in [3.63, 3.8) is 0 Å². The molecule has 1 saturated heterocycles. The topological polar surface area (TPSA) is 20.3 Å². The number of hydrogen-bond donors (Lipinski definition) is 0. The third-order valence-electron chi connectivity index (χ3n) is 5.48. The Labute approximate surface area is 141 Å². The van der Waals surface area contributed by atoms with Crippen molar-refractivity contribution in [3.8, 4) is 0 Å². The molecule has 2 heterocycles. The average molecular weight is 336 g/mol. The van der Waals surface area contributed by atoms with Gasteiger partial charge in [-0.3, -0.25) is 4.79 Å². The van der Waals surface area contributed by atoms with Crippen molar-refractivity contribution in [2.75, 3.05) is 4.90 Å². The molecule has 4 rings (SSSR count). The average Bonchev–Trinajstić information content (AvgIpc) is 2.69. The first kappa shape index (κ1) is 14.9. The molecule has 1 aromatic rings. The number of rotatable bonds is 0. The summed E-state index contributed by atoms with van der Waals surface area (Å²) in [5.41, 5.74) is 1.12. The van der Waals surface area contributed by atoms with Gasteiger partial charge in [-0.2, -0.15) is 0 Å². The molecule has 118 valence electrons. The van der Waals surface area contributed by atoms with E-state index in [0.717, 1.165) is 18.5 Å². The van der Waals surface area contributed by atoms with Crippen LogP contribution >= 0.6 is 23.4 Å². The molecule has 2 atom stereocenters. The Balaban J connectivity index is 1.84. The molecule has 0 bridgehead atoms. The fraction of sp³-hybridized carbons (Fsp3) is 0.611. The minimum absolute atomic E-state index is 0.128. The molecule has 1 saturated carbocycles. The Hall–Kier alpha value is -0.670. The van der Waals surface area contributed by atoms with E-state index in [4.69, 9.17) is 11.6 Å². The number of anilines is 1. The zero-order valence-electron chi connectivity index (χ0n) is 12.8. The van der Waals surface area contributed by atoms with Crippen LogP contribution in [-0.4, -0.2) is 22.1 Å². The lowest BCUT2D eigenvalue weighted by Crippen LogP contribution is -2.56. The molecular weight excluding hydrogens is 314 g/mol. The number of alkyl halides is 1. The van der Waals surface area contributed by atoms with E-state index in [1.54, 1.807) is 0 Å². The smallest absolute Gasteiger partial charge is 0.227 e. The highest BCUT2D eigenvalue weighted by atomic mass is 35.5. The van der Waals surface area contributed by atoms with Crippen LogP contribution < -0.4 is 4.90 Å². The maximum atomic E-state index is 12.8. The van der Waals surface area contributed by atoms with Crippen molar-refractivity contribution < 1.29 is 4.79 Å². The van der Waals surface area contributed by atoms with Gasteiger partial charge >= 0.3 is 0 Å². The molecule has 0 N–H and O–H groups in total. The van der Waals surface area contributed by atoms with E-state index in [1.165, 1.54) is 37.0 Å². The highest BCUT2D eigenvalue weighted by Crippen LogP contribution is 2.56. The second kappa shape index (κ2) is 5.76. The van der Waals surface area contributed by atoms with Gasteiger partial charge in [0.05, 0.1) is 11.7 Å². The van der Waals surface area contributed by atoms with Gasteiger partial charge in [-0.15, -0.1) is 23.4 Å². The molecule has 2 aliphatic heterocycles. The quantitative estimate of drug-likeness (QED) is 0.623. The molecule has 0 unspecified atom stereocenters. The third kappa shape index (κ3) is 2.37. The maximum absolute atomic E-state index is 12.8. The molecule has 2 fully saturated rings. The van der Waals surface area contributed by atoms with Crippen molar-refractivity contribution in [3.05, 3.63) is 24.3 Å². The van der Waals surface area contributed by atoms with Crippen LogP contribution in [0.25, 0.3) is 0 Å². The monoisotopic (exact) mass is 335 g/mol. The van der Waals surface area contributed by atoms with Gasteiger partial charge in [-0.05, 0) is 37.8 Å². The second-order valence-electron chi connectivity index (χ2n) is 6.85. The van der Waals surface area contributed by atoms with Crippen LogP contribution in [0.2, 0.25) is 0 Å². The SMILES string of the molecule is O=C1CC[C@H](Cl)C[C@H]2N1c1ccccc1SC21CCCCC1. The van der Waals surface area contributed by atoms with Crippen molar-refractivity contribution in [2.24, 2.45) is 0 Å². The number of thioether (sulfide) groups is 1. The number of benzene rings is 1. The lowest BCUT2D eigenvalue weighted by Gasteiger charge is -2.51. The zero-order valence-corrected chi connectivity index (χ0v) is 14.3. The molecule has 4 heteroatoms. The number of fused-ring (bicyclic) bond motifs is 4. The van der Waals surface area contributed by atoms with Crippen LogP contribution in [0.3, 0.4) is 0 Å². The maximum Gasteiger partial charge on any atom is 0.227 e. The van der Waals surface area contributed by atoms with Crippen LogP contribution in [0.15, 0.2) is 29.2 Å². The van der Waals surface area contributed by atoms with Crippen molar-refractivity contribution in [1.29, 1.82) is 0 Å². The molecule has 3 aliphatic rings. The largest absolute Gasteiger partial charge is 0.307 e. The molecule has 2 nitrogen and oxygen atoms in total. The lowest BCUT2D eigenvalue weighted by atomic mass is 9.80. The summed E-state index contributed by atoms with van der Waals surface area (Å²) in [5, 5.41) is 0.128. The van der Waals surface area contributed by atoms with E-state index in [0.29, 0.717) is 6.42 Å². The summed E-state index contributed by atoms with van der Waals surface area (Å²) >= 11 is 8.57. The van der Waals surface area contributed by atoms with Crippen molar-refractivity contribution >= 4 is 35.0 Å². The zero-order chi connectivity index (χ0) is 15.2. The minimum atomic E-state index is 0.128. The second-order valence-corrected chi connectivity index (χ2v) is 8.92. The number of hydrogen-bond acceptors (Lipinski definition) is 2. The van der Waals surface area contributed by atoms with E-state index in [9.17, 15) is 4.79 Å². The van der Waals surface area contributed by atoms with E-state index in [2.05, 4.69) is 23.1 Å². The van der Waals surface area contributed by atoms with Gasteiger partial charge in [0.25, 0.3) is 0 Å². The first-order valence-electron chi connectivity index (χ1n) is 8.44. The Morgan fingerprint density at radius 2 is 1.95 bits per heavy atom. The highest BCUT2D eigenvalue weighted by molar-refractivity contribution is 8.01. The third-order valence-corrected chi connectivity index (χ3v) is 7.52. The van der Waals surface area contributed by atoms with Crippen molar-refractivity contribution in [1.82, 2.24) is 0 Å².